The highest BCUT2D eigenvalue weighted by molar-refractivity contribution is 7.98. The van der Waals surface area contributed by atoms with Crippen molar-refractivity contribution in [3.63, 3.8) is 0 Å². The summed E-state index contributed by atoms with van der Waals surface area (Å²) in [6.45, 7) is 0. The van der Waals surface area contributed by atoms with E-state index in [2.05, 4.69) is 10.3 Å². The first-order chi connectivity index (χ1) is 12.7. The molecule has 1 heterocycles. The van der Waals surface area contributed by atoms with Crippen LogP contribution >= 0.6 is 11.8 Å². The summed E-state index contributed by atoms with van der Waals surface area (Å²) in [5.41, 5.74) is 6.15. The molecule has 2 amide bonds. The van der Waals surface area contributed by atoms with E-state index in [0.717, 1.165) is 17.3 Å². The molecular weight excluding hydrogens is 379 g/mol. The third-order valence-corrected chi connectivity index (χ3v) is 5.56. The van der Waals surface area contributed by atoms with E-state index in [9.17, 15) is 22.8 Å². The zero-order valence-corrected chi connectivity index (χ0v) is 15.5. The molecule has 2 atom stereocenters. The lowest BCUT2D eigenvalue weighted by Crippen LogP contribution is -2.48. The third kappa shape index (κ3) is 3.92. The third-order valence-electron chi connectivity index (χ3n) is 4.89. The predicted molar refractivity (Wildman–Crippen MR) is 98.3 cm³/mol. The molecule has 1 aromatic heterocycles. The Bertz CT molecular complexity index is 879. The van der Waals surface area contributed by atoms with Crippen molar-refractivity contribution >= 4 is 34.5 Å². The van der Waals surface area contributed by atoms with Crippen molar-refractivity contribution < 1.29 is 22.8 Å². The Morgan fingerprint density at radius 2 is 2.15 bits per heavy atom. The zero-order chi connectivity index (χ0) is 19.8. The number of benzene rings is 1. The number of rotatable bonds is 5. The van der Waals surface area contributed by atoms with E-state index < -0.39 is 29.6 Å². The summed E-state index contributed by atoms with van der Waals surface area (Å²) < 4.78 is 39.7. The molecule has 1 unspecified atom stereocenters. The van der Waals surface area contributed by atoms with Crippen LogP contribution in [0.4, 0.5) is 13.2 Å². The number of H-pyrrole nitrogens is 1. The van der Waals surface area contributed by atoms with E-state index in [1.165, 1.54) is 17.8 Å². The fourth-order valence-electron chi connectivity index (χ4n) is 3.55. The number of hydrogen-bond donors (Lipinski definition) is 3. The number of alkyl halides is 3. The van der Waals surface area contributed by atoms with Crippen molar-refractivity contribution in [2.75, 3.05) is 12.0 Å². The SMILES string of the molecule is CSC[C@H](NC(=O)C1CCc2[nH]c3c(C(F)(F)F)cccc3c2C1)C(N)=O. The number of carbonyl (C=O) groups is 2. The number of nitrogens with one attached hydrogen (secondary N) is 2. The van der Waals surface area contributed by atoms with E-state index in [1.54, 1.807) is 12.3 Å². The monoisotopic (exact) mass is 399 g/mol. The van der Waals surface area contributed by atoms with E-state index in [1.807, 2.05) is 0 Å². The summed E-state index contributed by atoms with van der Waals surface area (Å²) in [5, 5.41) is 3.16. The van der Waals surface area contributed by atoms with Crippen LogP contribution in [-0.2, 0) is 28.6 Å². The normalized spacial score (nSPS) is 18.1. The van der Waals surface area contributed by atoms with E-state index in [-0.39, 0.29) is 11.4 Å². The summed E-state index contributed by atoms with van der Waals surface area (Å²) >= 11 is 1.40. The first-order valence-electron chi connectivity index (χ1n) is 8.50. The second-order valence-corrected chi connectivity index (χ2v) is 7.58. The minimum absolute atomic E-state index is 0.0634. The minimum Gasteiger partial charge on any atom is -0.368 e. The minimum atomic E-state index is -4.45. The number of primary amides is 1. The number of hydrogen-bond acceptors (Lipinski definition) is 3. The van der Waals surface area contributed by atoms with Crippen LogP contribution in [0, 0.1) is 5.92 Å². The quantitative estimate of drug-likeness (QED) is 0.722. The Morgan fingerprint density at radius 3 is 2.78 bits per heavy atom. The standard InChI is InChI=1S/C18H20F3N3O2S/c1-27-8-14(16(22)25)24-17(26)9-5-6-13-11(7-9)10-3-2-4-12(15(10)23-13)18(19,20)21/h2-4,9,14,23H,5-8H2,1H3,(H2,22,25)(H,24,26)/t9?,14-/m0/s1. The maximum atomic E-state index is 13.2. The van der Waals surface area contributed by atoms with Crippen molar-refractivity contribution in [2.45, 2.75) is 31.5 Å². The highest BCUT2D eigenvalue weighted by Crippen LogP contribution is 2.38. The van der Waals surface area contributed by atoms with Gasteiger partial charge in [-0.2, -0.15) is 24.9 Å². The van der Waals surface area contributed by atoms with Gasteiger partial charge in [0.15, 0.2) is 0 Å². The van der Waals surface area contributed by atoms with Gasteiger partial charge in [-0.1, -0.05) is 12.1 Å². The number of fused-ring (bicyclic) bond motifs is 3. The number of para-hydroxylation sites is 1. The lowest BCUT2D eigenvalue weighted by molar-refractivity contribution is -0.136. The Hall–Kier alpha value is -2.16. The zero-order valence-electron chi connectivity index (χ0n) is 14.7. The Kier molecular flexibility index (Phi) is 5.41. The van der Waals surface area contributed by atoms with E-state index in [4.69, 9.17) is 5.73 Å². The second kappa shape index (κ2) is 7.46. The van der Waals surface area contributed by atoms with Crippen molar-refractivity contribution in [1.29, 1.82) is 0 Å². The number of aromatic nitrogens is 1. The molecule has 0 bridgehead atoms. The summed E-state index contributed by atoms with van der Waals surface area (Å²) in [6, 6.07) is 3.31. The van der Waals surface area contributed by atoms with Gasteiger partial charge in [0, 0.05) is 22.8 Å². The average Bonchev–Trinajstić information content (AvgIpc) is 2.97. The number of carbonyl (C=O) groups excluding carboxylic acids is 2. The summed E-state index contributed by atoms with van der Waals surface area (Å²) in [5.74, 6) is -0.924. The van der Waals surface area contributed by atoms with Gasteiger partial charge in [0.05, 0.1) is 11.1 Å². The molecule has 0 saturated carbocycles. The predicted octanol–water partition coefficient (Wildman–Crippen LogP) is 2.62. The van der Waals surface area contributed by atoms with Gasteiger partial charge in [-0.05, 0) is 37.1 Å². The molecule has 0 fully saturated rings. The van der Waals surface area contributed by atoms with Crippen molar-refractivity contribution in [2.24, 2.45) is 11.7 Å². The van der Waals surface area contributed by atoms with Gasteiger partial charge in [-0.25, -0.2) is 0 Å². The average molecular weight is 399 g/mol. The highest BCUT2D eigenvalue weighted by Gasteiger charge is 2.35. The Balaban J connectivity index is 1.86. The number of nitrogens with two attached hydrogens (primary N) is 1. The smallest absolute Gasteiger partial charge is 0.368 e. The maximum Gasteiger partial charge on any atom is 0.418 e. The number of aryl methyl sites for hydroxylation is 1. The summed E-state index contributed by atoms with van der Waals surface area (Å²) in [6.07, 6.45) is -1.34. The van der Waals surface area contributed by atoms with Crippen LogP contribution in [0.3, 0.4) is 0 Å². The summed E-state index contributed by atoms with van der Waals surface area (Å²) in [7, 11) is 0. The number of amides is 2. The Labute approximate surface area is 158 Å². The largest absolute Gasteiger partial charge is 0.418 e. The molecule has 146 valence electrons. The molecule has 1 aliphatic carbocycles. The molecule has 9 heteroatoms. The fraction of sp³-hybridized carbons (Fsp3) is 0.444. The molecule has 1 aliphatic rings. The van der Waals surface area contributed by atoms with Gasteiger partial charge in [-0.3, -0.25) is 9.59 Å². The molecule has 0 saturated heterocycles. The topological polar surface area (TPSA) is 88.0 Å². The van der Waals surface area contributed by atoms with Crippen molar-refractivity contribution in [1.82, 2.24) is 10.3 Å². The molecule has 0 spiro atoms. The van der Waals surface area contributed by atoms with E-state index in [0.29, 0.717) is 30.4 Å². The lowest BCUT2D eigenvalue weighted by atomic mass is 9.85. The van der Waals surface area contributed by atoms with Gasteiger partial charge >= 0.3 is 6.18 Å². The molecule has 4 N–H and O–H groups in total. The van der Waals surface area contributed by atoms with Crippen LogP contribution in [0.25, 0.3) is 10.9 Å². The van der Waals surface area contributed by atoms with Crippen LogP contribution in [0.5, 0.6) is 0 Å². The van der Waals surface area contributed by atoms with Gasteiger partial charge in [-0.15, -0.1) is 0 Å². The fourth-order valence-corrected chi connectivity index (χ4v) is 4.13. The number of aromatic amines is 1. The van der Waals surface area contributed by atoms with Crippen LogP contribution in [0.1, 0.15) is 23.2 Å². The van der Waals surface area contributed by atoms with Crippen LogP contribution in [0.15, 0.2) is 18.2 Å². The van der Waals surface area contributed by atoms with Gasteiger partial charge in [0.25, 0.3) is 0 Å². The summed E-state index contributed by atoms with van der Waals surface area (Å²) in [4.78, 5) is 26.9. The highest BCUT2D eigenvalue weighted by atomic mass is 32.2. The van der Waals surface area contributed by atoms with Gasteiger partial charge in [0.1, 0.15) is 6.04 Å². The maximum absolute atomic E-state index is 13.2. The molecule has 0 radical (unpaired) electrons. The van der Waals surface area contributed by atoms with Gasteiger partial charge in [0.2, 0.25) is 11.8 Å². The molecule has 0 aliphatic heterocycles. The van der Waals surface area contributed by atoms with Crippen molar-refractivity contribution in [3.8, 4) is 0 Å². The second-order valence-electron chi connectivity index (χ2n) is 6.67. The first kappa shape index (κ1) is 19.6. The van der Waals surface area contributed by atoms with Crippen LogP contribution in [-0.4, -0.2) is 34.8 Å². The van der Waals surface area contributed by atoms with E-state index >= 15 is 0 Å². The molecule has 3 rings (SSSR count). The van der Waals surface area contributed by atoms with Gasteiger partial charge < -0.3 is 16.0 Å². The van der Waals surface area contributed by atoms with Crippen molar-refractivity contribution in [3.05, 3.63) is 35.0 Å². The number of halogens is 3. The van der Waals surface area contributed by atoms with Crippen LogP contribution in [0.2, 0.25) is 0 Å². The first-order valence-corrected chi connectivity index (χ1v) is 9.90. The molecular formula is C18H20F3N3O2S. The lowest BCUT2D eigenvalue weighted by Gasteiger charge is -2.24. The number of thioether (sulfide) groups is 1. The Morgan fingerprint density at radius 1 is 1.41 bits per heavy atom. The molecule has 27 heavy (non-hydrogen) atoms. The molecule has 2 aromatic rings. The van der Waals surface area contributed by atoms with Crippen LogP contribution < -0.4 is 11.1 Å². The molecule has 5 nitrogen and oxygen atoms in total. The molecule has 1 aromatic carbocycles.